The number of nitrogens with zero attached hydrogens (tertiary/aromatic N) is 4. The first-order valence-electron chi connectivity index (χ1n) is 14.3. The molecule has 3 heterocycles. The Kier molecular flexibility index (Phi) is 7.76. The first-order chi connectivity index (χ1) is 20.9. The van der Waals surface area contributed by atoms with Gasteiger partial charge in [0.15, 0.2) is 0 Å². The normalized spacial score (nSPS) is 13.6. The molecule has 10 heteroatoms. The van der Waals surface area contributed by atoms with Crippen molar-refractivity contribution >= 4 is 45.6 Å². The number of piperidine rings is 1. The average molecular weight is 576 g/mol. The SMILES string of the molecule is CNc1cc(C(=O)Nc2ccc(-n3ncc4cc(NC(=O)c5ccc(N6CCC(O)CC6)cc5C)ccc43)cc2)ccn1. The van der Waals surface area contributed by atoms with Crippen LogP contribution < -0.4 is 20.9 Å². The number of aliphatic hydroxyl groups is 1. The van der Waals surface area contributed by atoms with E-state index in [1.54, 1.807) is 31.6 Å². The van der Waals surface area contributed by atoms with Gasteiger partial charge in [-0.2, -0.15) is 5.10 Å². The second-order valence-electron chi connectivity index (χ2n) is 10.7. The van der Waals surface area contributed by atoms with Crippen LogP contribution in [0.1, 0.15) is 39.1 Å². The van der Waals surface area contributed by atoms with Gasteiger partial charge in [-0.3, -0.25) is 9.59 Å². The third-order valence-electron chi connectivity index (χ3n) is 7.76. The van der Waals surface area contributed by atoms with Gasteiger partial charge < -0.3 is 26.0 Å². The van der Waals surface area contributed by atoms with Crippen LogP contribution in [0.3, 0.4) is 0 Å². The molecule has 5 aromatic rings. The summed E-state index contributed by atoms with van der Waals surface area (Å²) in [5.41, 5.74) is 6.17. The van der Waals surface area contributed by atoms with Crippen molar-refractivity contribution in [2.45, 2.75) is 25.9 Å². The van der Waals surface area contributed by atoms with Crippen molar-refractivity contribution in [2.75, 3.05) is 41.0 Å². The number of fused-ring (bicyclic) bond motifs is 1. The van der Waals surface area contributed by atoms with Crippen LogP contribution in [0.5, 0.6) is 0 Å². The van der Waals surface area contributed by atoms with Crippen LogP contribution in [0.15, 0.2) is 85.2 Å². The number of nitrogens with one attached hydrogen (secondary N) is 3. The maximum Gasteiger partial charge on any atom is 0.255 e. The van der Waals surface area contributed by atoms with E-state index in [1.807, 2.05) is 72.3 Å². The van der Waals surface area contributed by atoms with Crippen LogP contribution in [0.25, 0.3) is 16.6 Å². The zero-order valence-corrected chi connectivity index (χ0v) is 24.0. The largest absolute Gasteiger partial charge is 0.393 e. The number of amides is 2. The molecule has 1 fully saturated rings. The van der Waals surface area contributed by atoms with Gasteiger partial charge in [0.2, 0.25) is 0 Å². The summed E-state index contributed by atoms with van der Waals surface area (Å²) in [5, 5.41) is 24.1. The zero-order chi connectivity index (χ0) is 29.9. The van der Waals surface area contributed by atoms with Crippen molar-refractivity contribution in [3.8, 4) is 5.69 Å². The fourth-order valence-corrected chi connectivity index (χ4v) is 5.34. The second kappa shape index (κ2) is 11.9. The molecule has 4 N–H and O–H groups in total. The summed E-state index contributed by atoms with van der Waals surface area (Å²) in [6, 6.07) is 22.4. The highest BCUT2D eigenvalue weighted by molar-refractivity contribution is 6.06. The van der Waals surface area contributed by atoms with Gasteiger partial charge in [-0.1, -0.05) is 0 Å². The Labute approximate surface area is 249 Å². The minimum Gasteiger partial charge on any atom is -0.393 e. The Balaban J connectivity index is 1.13. The van der Waals surface area contributed by atoms with Gasteiger partial charge in [0.05, 0.1) is 23.5 Å². The number of anilines is 4. The monoisotopic (exact) mass is 575 g/mol. The van der Waals surface area contributed by atoms with E-state index in [-0.39, 0.29) is 17.9 Å². The fraction of sp³-hybridized carbons (Fsp3) is 0.212. The number of carbonyl (C=O) groups excluding carboxylic acids is 2. The lowest BCUT2D eigenvalue weighted by Crippen LogP contribution is -2.35. The molecular weight excluding hydrogens is 542 g/mol. The number of hydrogen-bond acceptors (Lipinski definition) is 7. The van der Waals surface area contributed by atoms with E-state index >= 15 is 0 Å². The molecule has 2 amide bonds. The highest BCUT2D eigenvalue weighted by Gasteiger charge is 2.19. The molecule has 3 aromatic carbocycles. The van der Waals surface area contributed by atoms with Crippen molar-refractivity contribution in [2.24, 2.45) is 0 Å². The highest BCUT2D eigenvalue weighted by atomic mass is 16.3. The van der Waals surface area contributed by atoms with E-state index in [0.717, 1.165) is 53.8 Å². The summed E-state index contributed by atoms with van der Waals surface area (Å²) in [7, 11) is 1.75. The van der Waals surface area contributed by atoms with E-state index in [9.17, 15) is 14.7 Å². The van der Waals surface area contributed by atoms with E-state index in [4.69, 9.17) is 0 Å². The van der Waals surface area contributed by atoms with Crippen molar-refractivity contribution in [1.82, 2.24) is 14.8 Å². The maximum atomic E-state index is 13.1. The molecule has 1 saturated heterocycles. The van der Waals surface area contributed by atoms with Crippen LogP contribution in [0.2, 0.25) is 0 Å². The lowest BCUT2D eigenvalue weighted by Gasteiger charge is -2.31. The molecule has 1 aliphatic rings. The Morgan fingerprint density at radius 1 is 0.860 bits per heavy atom. The molecule has 2 aromatic heterocycles. The van der Waals surface area contributed by atoms with E-state index in [1.165, 1.54) is 0 Å². The Morgan fingerprint density at radius 2 is 1.58 bits per heavy atom. The third-order valence-corrected chi connectivity index (χ3v) is 7.76. The second-order valence-corrected chi connectivity index (χ2v) is 10.7. The Hall–Kier alpha value is -5.22. The van der Waals surface area contributed by atoms with Crippen molar-refractivity contribution < 1.29 is 14.7 Å². The molecule has 0 saturated carbocycles. The lowest BCUT2D eigenvalue weighted by atomic mass is 10.0. The zero-order valence-electron chi connectivity index (χ0n) is 24.0. The van der Waals surface area contributed by atoms with Crippen LogP contribution >= 0.6 is 0 Å². The fourth-order valence-electron chi connectivity index (χ4n) is 5.34. The van der Waals surface area contributed by atoms with Crippen LogP contribution in [0.4, 0.5) is 22.9 Å². The number of benzene rings is 3. The first kappa shape index (κ1) is 27.9. The topological polar surface area (TPSA) is 124 Å². The van der Waals surface area contributed by atoms with Gasteiger partial charge in [-0.25, -0.2) is 9.67 Å². The molecular formula is C33H33N7O3. The van der Waals surface area contributed by atoms with Crippen LogP contribution in [-0.2, 0) is 0 Å². The molecule has 43 heavy (non-hydrogen) atoms. The molecule has 1 aliphatic heterocycles. The van der Waals surface area contributed by atoms with E-state index in [2.05, 4.69) is 30.9 Å². The molecule has 6 rings (SSSR count). The highest BCUT2D eigenvalue weighted by Crippen LogP contribution is 2.26. The first-order valence-corrected chi connectivity index (χ1v) is 14.3. The number of aromatic nitrogens is 3. The molecule has 0 aliphatic carbocycles. The van der Waals surface area contributed by atoms with Crippen molar-refractivity contribution in [1.29, 1.82) is 0 Å². The molecule has 10 nitrogen and oxygen atoms in total. The summed E-state index contributed by atoms with van der Waals surface area (Å²) >= 11 is 0. The summed E-state index contributed by atoms with van der Waals surface area (Å²) in [5.74, 6) is 0.229. The number of aliphatic hydroxyl groups excluding tert-OH is 1. The minimum atomic E-state index is -0.224. The van der Waals surface area contributed by atoms with Crippen LogP contribution in [0, 0.1) is 6.92 Å². The Bertz CT molecular complexity index is 1790. The van der Waals surface area contributed by atoms with Crippen molar-refractivity contribution in [3.63, 3.8) is 0 Å². The molecule has 0 spiro atoms. The number of rotatable bonds is 7. The van der Waals surface area contributed by atoms with Crippen LogP contribution in [-0.4, -0.2) is 57.9 Å². The molecule has 0 atom stereocenters. The molecule has 218 valence electrons. The third kappa shape index (κ3) is 6.05. The predicted molar refractivity (Wildman–Crippen MR) is 169 cm³/mol. The summed E-state index contributed by atoms with van der Waals surface area (Å²) in [4.78, 5) is 32.2. The Morgan fingerprint density at radius 3 is 2.33 bits per heavy atom. The van der Waals surface area contributed by atoms with E-state index in [0.29, 0.717) is 28.3 Å². The van der Waals surface area contributed by atoms with Gasteiger partial charge in [-0.15, -0.1) is 0 Å². The lowest BCUT2D eigenvalue weighted by molar-refractivity contribution is 0.101. The number of hydrogen-bond donors (Lipinski definition) is 4. The number of carbonyl (C=O) groups is 2. The maximum absolute atomic E-state index is 13.1. The van der Waals surface area contributed by atoms with E-state index < -0.39 is 0 Å². The molecule has 0 radical (unpaired) electrons. The standard InChI is InChI=1S/C33H33N7O3/c1-21-17-27(39-15-12-28(41)13-16-39)8-9-29(21)33(43)38-25-5-10-30-23(18-25)20-36-40(30)26-6-3-24(4-7-26)37-32(42)22-11-14-35-31(19-22)34-2/h3-11,14,17-20,28,41H,12-13,15-16H2,1-2H3,(H,34,35)(H,37,42)(H,38,43). The van der Waals surface area contributed by atoms with Gasteiger partial charge >= 0.3 is 0 Å². The van der Waals surface area contributed by atoms with Crippen molar-refractivity contribution in [3.05, 3.63) is 102 Å². The predicted octanol–water partition coefficient (Wildman–Crippen LogP) is 5.24. The quantitative estimate of drug-likeness (QED) is 0.209. The summed E-state index contributed by atoms with van der Waals surface area (Å²) in [6.45, 7) is 3.57. The smallest absolute Gasteiger partial charge is 0.255 e. The minimum absolute atomic E-state index is 0.170. The number of aryl methyl sites for hydroxylation is 1. The molecule has 0 unspecified atom stereocenters. The average Bonchev–Trinajstić information content (AvgIpc) is 3.45. The summed E-state index contributed by atoms with van der Waals surface area (Å²) < 4.78 is 1.82. The van der Waals surface area contributed by atoms with Gasteiger partial charge in [-0.05, 0) is 98.1 Å². The number of pyridine rings is 1. The van der Waals surface area contributed by atoms with Gasteiger partial charge in [0, 0.05) is 59.9 Å². The van der Waals surface area contributed by atoms with Gasteiger partial charge in [0.1, 0.15) is 5.82 Å². The summed E-state index contributed by atoms with van der Waals surface area (Å²) in [6.07, 6.45) is 4.65. The molecule has 0 bridgehead atoms. The van der Waals surface area contributed by atoms with Gasteiger partial charge in [0.25, 0.3) is 11.8 Å².